The smallest absolute Gasteiger partial charge is 0.550 e. The second kappa shape index (κ2) is 21.6. The molecule has 0 N–H and O–H groups in total. The van der Waals surface area contributed by atoms with Crippen molar-refractivity contribution in [1.82, 2.24) is 4.98 Å². The molecule has 31 heavy (non-hydrogen) atoms. The molecular formula is C27H40CuNO2. The van der Waals surface area contributed by atoms with Gasteiger partial charge in [-0.05, 0) is 50.7 Å². The van der Waals surface area contributed by atoms with Gasteiger partial charge in [-0.1, -0.05) is 94.7 Å². The molecule has 2 rings (SSSR count). The fraction of sp³-hybridized carbons (Fsp3) is 0.556. The van der Waals surface area contributed by atoms with Crippen molar-refractivity contribution in [2.45, 2.75) is 96.8 Å². The average Bonchev–Trinajstić information content (AvgIpc) is 2.77. The quantitative estimate of drug-likeness (QED) is 0.159. The van der Waals surface area contributed by atoms with Crippen LogP contribution in [0.25, 0.3) is 10.9 Å². The van der Waals surface area contributed by atoms with Crippen molar-refractivity contribution in [1.29, 1.82) is 0 Å². The van der Waals surface area contributed by atoms with Gasteiger partial charge in [0.1, 0.15) is 0 Å². The minimum atomic E-state index is -0.914. The van der Waals surface area contributed by atoms with E-state index in [1.54, 1.807) is 0 Å². The van der Waals surface area contributed by atoms with E-state index in [-0.39, 0.29) is 23.5 Å². The minimum Gasteiger partial charge on any atom is -0.550 e. The fourth-order valence-electron chi connectivity index (χ4n) is 3.36. The van der Waals surface area contributed by atoms with Gasteiger partial charge in [0.05, 0.1) is 5.52 Å². The first kappa shape index (κ1) is 29.4. The SMILES string of the molecule is CCCCCCCC/C=C\CCCCCCCC(=O)[O-].[Cu+].c1ccc2ncccc2c1. The molecule has 0 radical (unpaired) electrons. The van der Waals surface area contributed by atoms with Gasteiger partial charge < -0.3 is 9.90 Å². The van der Waals surface area contributed by atoms with Crippen LogP contribution in [0, 0.1) is 0 Å². The van der Waals surface area contributed by atoms with Gasteiger partial charge in [0.25, 0.3) is 0 Å². The van der Waals surface area contributed by atoms with Crippen LogP contribution in [0.3, 0.4) is 0 Å². The third kappa shape index (κ3) is 17.7. The van der Waals surface area contributed by atoms with Gasteiger partial charge >= 0.3 is 17.1 Å². The molecule has 0 saturated carbocycles. The second-order valence-corrected chi connectivity index (χ2v) is 7.90. The number of rotatable bonds is 15. The van der Waals surface area contributed by atoms with Crippen LogP contribution in [0.4, 0.5) is 0 Å². The first-order valence-corrected chi connectivity index (χ1v) is 11.9. The molecule has 3 nitrogen and oxygen atoms in total. The van der Waals surface area contributed by atoms with E-state index in [4.69, 9.17) is 0 Å². The van der Waals surface area contributed by atoms with Gasteiger partial charge in [-0.25, -0.2) is 0 Å². The number of aromatic nitrogens is 1. The van der Waals surface area contributed by atoms with Gasteiger partial charge in [-0.2, -0.15) is 0 Å². The molecule has 0 unspecified atom stereocenters. The number of carbonyl (C=O) groups excluding carboxylic acids is 1. The number of carboxylic acid groups (broad SMARTS) is 1. The summed E-state index contributed by atoms with van der Waals surface area (Å²) in [5.74, 6) is -0.914. The van der Waals surface area contributed by atoms with Crippen LogP contribution in [0.1, 0.15) is 96.8 Å². The first-order valence-electron chi connectivity index (χ1n) is 11.9. The normalized spacial score (nSPS) is 10.5. The molecule has 4 heteroatoms. The Morgan fingerprint density at radius 2 is 1.35 bits per heavy atom. The Kier molecular flexibility index (Phi) is 20.4. The summed E-state index contributed by atoms with van der Waals surface area (Å²) in [4.78, 5) is 14.4. The van der Waals surface area contributed by atoms with Crippen molar-refractivity contribution in [2.24, 2.45) is 0 Å². The number of hydrogen-bond acceptors (Lipinski definition) is 3. The van der Waals surface area contributed by atoms with Crippen molar-refractivity contribution in [2.75, 3.05) is 0 Å². The maximum atomic E-state index is 10.2. The van der Waals surface area contributed by atoms with Gasteiger partial charge in [0, 0.05) is 17.6 Å². The van der Waals surface area contributed by atoms with Gasteiger partial charge in [-0.15, -0.1) is 0 Å². The third-order valence-electron chi connectivity index (χ3n) is 5.15. The summed E-state index contributed by atoms with van der Waals surface area (Å²) in [5, 5.41) is 11.4. The van der Waals surface area contributed by atoms with E-state index in [1.807, 2.05) is 30.5 Å². The van der Waals surface area contributed by atoms with Gasteiger partial charge in [0.15, 0.2) is 0 Å². The number of nitrogens with zero attached hydrogens (tertiary/aromatic N) is 1. The number of allylic oxidation sites excluding steroid dienone is 2. The molecule has 0 bridgehead atoms. The largest absolute Gasteiger partial charge is 1.00 e. The van der Waals surface area contributed by atoms with E-state index < -0.39 is 5.97 Å². The summed E-state index contributed by atoms with van der Waals surface area (Å²) in [6, 6.07) is 12.1. The first-order chi connectivity index (χ1) is 14.7. The van der Waals surface area contributed by atoms with Gasteiger partial charge in [0.2, 0.25) is 0 Å². The van der Waals surface area contributed by atoms with Crippen LogP contribution in [0.2, 0.25) is 0 Å². The van der Waals surface area contributed by atoms with Crippen LogP contribution >= 0.6 is 0 Å². The van der Waals surface area contributed by atoms with E-state index in [0.717, 1.165) is 24.8 Å². The molecule has 0 spiro atoms. The second-order valence-electron chi connectivity index (χ2n) is 7.90. The zero-order chi connectivity index (χ0) is 21.7. The molecule has 0 saturated heterocycles. The summed E-state index contributed by atoms with van der Waals surface area (Å²) < 4.78 is 0. The number of carboxylic acids is 1. The minimum absolute atomic E-state index is 0. The van der Waals surface area contributed by atoms with Crippen molar-refractivity contribution in [3.8, 4) is 0 Å². The summed E-state index contributed by atoms with van der Waals surface area (Å²) >= 11 is 0. The molecule has 1 heterocycles. The number of fused-ring (bicyclic) bond motifs is 1. The molecule has 0 atom stereocenters. The van der Waals surface area contributed by atoms with Crippen LogP contribution in [-0.4, -0.2) is 11.0 Å². The number of pyridine rings is 1. The number of para-hydroxylation sites is 1. The van der Waals surface area contributed by atoms with E-state index >= 15 is 0 Å². The molecular weight excluding hydrogens is 434 g/mol. The molecule has 2 aromatic rings. The van der Waals surface area contributed by atoms with Crippen LogP contribution < -0.4 is 5.11 Å². The number of benzene rings is 1. The predicted molar refractivity (Wildman–Crippen MR) is 126 cm³/mol. The Bertz CT molecular complexity index is 637. The van der Waals surface area contributed by atoms with Crippen LogP contribution in [0.15, 0.2) is 54.7 Å². The predicted octanol–water partition coefficient (Wildman–Crippen LogP) is 7.01. The van der Waals surface area contributed by atoms with Crippen molar-refractivity contribution in [3.05, 3.63) is 54.7 Å². The summed E-state index contributed by atoms with van der Waals surface area (Å²) in [6.07, 6.45) is 22.7. The molecule has 0 aliphatic rings. The zero-order valence-electron chi connectivity index (χ0n) is 19.2. The van der Waals surface area contributed by atoms with Crippen molar-refractivity contribution in [3.63, 3.8) is 0 Å². The van der Waals surface area contributed by atoms with Crippen molar-refractivity contribution < 1.29 is 27.0 Å². The Labute approximate surface area is 200 Å². The number of hydrogen-bond donors (Lipinski definition) is 0. The summed E-state index contributed by atoms with van der Waals surface area (Å²) in [7, 11) is 0. The number of unbranched alkanes of at least 4 members (excludes halogenated alkanes) is 11. The number of aliphatic carboxylic acids is 1. The Morgan fingerprint density at radius 1 is 0.806 bits per heavy atom. The third-order valence-corrected chi connectivity index (χ3v) is 5.15. The molecule has 0 aliphatic carbocycles. The van der Waals surface area contributed by atoms with E-state index in [0.29, 0.717) is 0 Å². The average molecular weight is 474 g/mol. The zero-order valence-corrected chi connectivity index (χ0v) is 20.1. The standard InChI is InChI=1S/C18H34O2.C9H7N.Cu/c1-2-3-4-5-6-7-8-9-10-11-12-13-14-15-16-17-18(19)20;1-2-6-9-8(4-1)5-3-7-10-9;/h9-10H,2-8,11-17H2,1H3,(H,19,20);1-7H;/q;;+1/p-1/b10-9-;;. The van der Waals surface area contributed by atoms with Crippen LogP contribution in [0.5, 0.6) is 0 Å². The Hall–Kier alpha value is -1.64. The summed E-state index contributed by atoms with van der Waals surface area (Å²) in [6.45, 7) is 2.26. The van der Waals surface area contributed by atoms with Crippen LogP contribution in [-0.2, 0) is 21.9 Å². The Balaban J connectivity index is 0.000000675. The van der Waals surface area contributed by atoms with E-state index in [2.05, 4.69) is 36.2 Å². The maximum Gasteiger partial charge on any atom is 1.00 e. The Morgan fingerprint density at radius 3 is 1.97 bits per heavy atom. The fourth-order valence-corrected chi connectivity index (χ4v) is 3.36. The molecule has 0 fully saturated rings. The van der Waals surface area contributed by atoms with Gasteiger partial charge in [-0.3, -0.25) is 4.98 Å². The van der Waals surface area contributed by atoms with E-state index in [9.17, 15) is 9.90 Å². The van der Waals surface area contributed by atoms with Crippen molar-refractivity contribution >= 4 is 16.9 Å². The molecule has 1 aromatic carbocycles. The summed E-state index contributed by atoms with van der Waals surface area (Å²) in [5.41, 5.74) is 1.06. The molecule has 0 aliphatic heterocycles. The maximum absolute atomic E-state index is 10.2. The monoisotopic (exact) mass is 473 g/mol. The van der Waals surface area contributed by atoms with E-state index in [1.165, 1.54) is 69.6 Å². The molecule has 0 amide bonds. The topological polar surface area (TPSA) is 53.0 Å². The molecule has 176 valence electrons. The number of carbonyl (C=O) groups is 1. The molecule has 1 aromatic heterocycles.